The van der Waals surface area contributed by atoms with E-state index >= 15 is 0 Å². The van der Waals surface area contributed by atoms with Gasteiger partial charge in [0.05, 0.1) is 6.04 Å². The molecular formula is C10H19N3. The summed E-state index contributed by atoms with van der Waals surface area (Å²) in [4.78, 5) is 4.34. The summed E-state index contributed by atoms with van der Waals surface area (Å²) in [6.45, 7) is 5.42. The van der Waals surface area contributed by atoms with E-state index in [9.17, 15) is 0 Å². The van der Waals surface area contributed by atoms with Crippen LogP contribution in [0.15, 0.2) is 12.4 Å². The third kappa shape index (κ3) is 2.56. The molecule has 1 atom stereocenters. The number of hydrogen-bond donors (Lipinski definition) is 1. The highest BCUT2D eigenvalue weighted by molar-refractivity contribution is 4.98. The molecule has 0 bridgehead atoms. The highest BCUT2D eigenvalue weighted by atomic mass is 15.1. The van der Waals surface area contributed by atoms with Crippen LogP contribution in [0.3, 0.4) is 0 Å². The van der Waals surface area contributed by atoms with E-state index in [0.29, 0.717) is 6.04 Å². The first-order chi connectivity index (χ1) is 6.29. The van der Waals surface area contributed by atoms with Crippen molar-refractivity contribution in [1.29, 1.82) is 0 Å². The first-order valence-electron chi connectivity index (χ1n) is 5.00. The van der Waals surface area contributed by atoms with Gasteiger partial charge in [0.1, 0.15) is 5.82 Å². The van der Waals surface area contributed by atoms with Gasteiger partial charge in [-0.05, 0) is 19.4 Å². The third-order valence-corrected chi connectivity index (χ3v) is 2.22. The molecule has 1 aromatic heterocycles. The number of hydrogen-bond acceptors (Lipinski definition) is 2. The number of nitrogens with zero attached hydrogens (tertiary/aromatic N) is 2. The van der Waals surface area contributed by atoms with Gasteiger partial charge in [0, 0.05) is 19.4 Å². The molecule has 1 rings (SSSR count). The summed E-state index contributed by atoms with van der Waals surface area (Å²) in [6.07, 6.45) is 6.10. The van der Waals surface area contributed by atoms with Crippen LogP contribution in [0, 0.1) is 0 Å². The van der Waals surface area contributed by atoms with Crippen LogP contribution in [0.25, 0.3) is 0 Å². The lowest BCUT2D eigenvalue weighted by atomic mass is 10.2. The predicted octanol–water partition coefficient (Wildman–Crippen LogP) is 1.87. The van der Waals surface area contributed by atoms with Gasteiger partial charge in [-0.1, -0.05) is 13.8 Å². The Morgan fingerprint density at radius 1 is 1.54 bits per heavy atom. The van der Waals surface area contributed by atoms with Gasteiger partial charge in [-0.2, -0.15) is 0 Å². The van der Waals surface area contributed by atoms with Crippen molar-refractivity contribution in [2.45, 2.75) is 32.7 Å². The Labute approximate surface area is 80.2 Å². The summed E-state index contributed by atoms with van der Waals surface area (Å²) < 4.78 is 2.08. The second kappa shape index (κ2) is 5.02. The highest BCUT2D eigenvalue weighted by Crippen LogP contribution is 2.12. The zero-order valence-corrected chi connectivity index (χ0v) is 8.75. The molecular weight excluding hydrogens is 162 g/mol. The topological polar surface area (TPSA) is 29.9 Å². The molecule has 0 amide bonds. The van der Waals surface area contributed by atoms with Crippen LogP contribution in [0.2, 0.25) is 0 Å². The molecule has 1 unspecified atom stereocenters. The van der Waals surface area contributed by atoms with Gasteiger partial charge in [0.2, 0.25) is 0 Å². The molecule has 0 saturated heterocycles. The maximum atomic E-state index is 4.34. The van der Waals surface area contributed by atoms with Gasteiger partial charge in [0.25, 0.3) is 0 Å². The molecule has 0 aromatic carbocycles. The summed E-state index contributed by atoms with van der Waals surface area (Å²) in [5.74, 6) is 1.14. The fourth-order valence-corrected chi connectivity index (χ4v) is 1.45. The summed E-state index contributed by atoms with van der Waals surface area (Å²) in [6, 6.07) is 0.403. The number of aromatic nitrogens is 2. The standard InChI is InChI=1S/C10H19N3/c1-4-6-11-9(5-2)10-12-7-8-13(10)3/h7-9,11H,4-6H2,1-3H3. The van der Waals surface area contributed by atoms with Gasteiger partial charge in [0.15, 0.2) is 0 Å². The van der Waals surface area contributed by atoms with Gasteiger partial charge >= 0.3 is 0 Å². The molecule has 3 nitrogen and oxygen atoms in total. The van der Waals surface area contributed by atoms with Crippen molar-refractivity contribution in [2.24, 2.45) is 7.05 Å². The van der Waals surface area contributed by atoms with E-state index in [1.807, 2.05) is 19.4 Å². The second-order valence-corrected chi connectivity index (χ2v) is 3.31. The van der Waals surface area contributed by atoms with E-state index in [4.69, 9.17) is 0 Å². The SMILES string of the molecule is CCCNC(CC)c1nccn1C. The van der Waals surface area contributed by atoms with Crippen molar-refractivity contribution < 1.29 is 0 Å². The number of nitrogens with one attached hydrogen (secondary N) is 1. The Kier molecular flexibility index (Phi) is 3.96. The second-order valence-electron chi connectivity index (χ2n) is 3.31. The molecule has 0 radical (unpaired) electrons. The molecule has 0 fully saturated rings. The normalized spacial score (nSPS) is 13.2. The first kappa shape index (κ1) is 10.3. The smallest absolute Gasteiger partial charge is 0.125 e. The van der Waals surface area contributed by atoms with Crippen LogP contribution in [0.5, 0.6) is 0 Å². The van der Waals surface area contributed by atoms with Gasteiger partial charge in [-0.15, -0.1) is 0 Å². The summed E-state index contributed by atoms with van der Waals surface area (Å²) in [5, 5.41) is 3.48. The Bertz CT molecular complexity index is 242. The van der Waals surface area contributed by atoms with Crippen molar-refractivity contribution >= 4 is 0 Å². The van der Waals surface area contributed by atoms with Crippen molar-refractivity contribution in [3.05, 3.63) is 18.2 Å². The lowest BCUT2D eigenvalue weighted by Gasteiger charge is -2.15. The summed E-state index contributed by atoms with van der Waals surface area (Å²) in [5.41, 5.74) is 0. The zero-order chi connectivity index (χ0) is 9.68. The van der Waals surface area contributed by atoms with Gasteiger partial charge in [-0.25, -0.2) is 4.98 Å². The Balaban J connectivity index is 2.61. The minimum Gasteiger partial charge on any atom is -0.337 e. The van der Waals surface area contributed by atoms with Gasteiger partial charge in [-0.3, -0.25) is 0 Å². The Hall–Kier alpha value is -0.830. The molecule has 0 aliphatic rings. The van der Waals surface area contributed by atoms with E-state index in [2.05, 4.69) is 28.7 Å². The molecule has 13 heavy (non-hydrogen) atoms. The minimum atomic E-state index is 0.403. The van der Waals surface area contributed by atoms with Crippen molar-refractivity contribution in [3.63, 3.8) is 0 Å². The van der Waals surface area contributed by atoms with Crippen LogP contribution in [0.4, 0.5) is 0 Å². The number of imidazole rings is 1. The molecule has 1 heterocycles. The predicted molar refractivity (Wildman–Crippen MR) is 54.5 cm³/mol. The summed E-state index contributed by atoms with van der Waals surface area (Å²) >= 11 is 0. The van der Waals surface area contributed by atoms with Crippen LogP contribution in [0.1, 0.15) is 38.6 Å². The fraction of sp³-hybridized carbons (Fsp3) is 0.700. The molecule has 0 aliphatic carbocycles. The van der Waals surface area contributed by atoms with Crippen LogP contribution in [-0.2, 0) is 7.05 Å². The third-order valence-electron chi connectivity index (χ3n) is 2.22. The average Bonchev–Trinajstić information content (AvgIpc) is 2.54. The van der Waals surface area contributed by atoms with Crippen LogP contribution in [-0.4, -0.2) is 16.1 Å². The first-order valence-corrected chi connectivity index (χ1v) is 5.00. The van der Waals surface area contributed by atoms with E-state index in [0.717, 1.165) is 18.8 Å². The molecule has 1 N–H and O–H groups in total. The van der Waals surface area contributed by atoms with Crippen molar-refractivity contribution in [2.75, 3.05) is 6.54 Å². The van der Waals surface area contributed by atoms with Crippen LogP contribution < -0.4 is 5.32 Å². The molecule has 74 valence electrons. The van der Waals surface area contributed by atoms with Crippen LogP contribution >= 0.6 is 0 Å². The maximum Gasteiger partial charge on any atom is 0.125 e. The quantitative estimate of drug-likeness (QED) is 0.751. The van der Waals surface area contributed by atoms with E-state index < -0.39 is 0 Å². The summed E-state index contributed by atoms with van der Waals surface area (Å²) in [7, 11) is 2.04. The Morgan fingerprint density at radius 2 is 2.31 bits per heavy atom. The Morgan fingerprint density at radius 3 is 2.77 bits per heavy atom. The molecule has 0 saturated carbocycles. The van der Waals surface area contributed by atoms with Gasteiger partial charge < -0.3 is 9.88 Å². The lowest BCUT2D eigenvalue weighted by molar-refractivity contribution is 0.482. The molecule has 0 aliphatic heterocycles. The van der Waals surface area contributed by atoms with E-state index in [1.54, 1.807) is 0 Å². The number of aryl methyl sites for hydroxylation is 1. The van der Waals surface area contributed by atoms with Crippen molar-refractivity contribution in [1.82, 2.24) is 14.9 Å². The zero-order valence-electron chi connectivity index (χ0n) is 8.75. The maximum absolute atomic E-state index is 4.34. The van der Waals surface area contributed by atoms with E-state index in [1.165, 1.54) is 6.42 Å². The molecule has 0 spiro atoms. The largest absolute Gasteiger partial charge is 0.337 e. The van der Waals surface area contributed by atoms with Crippen molar-refractivity contribution in [3.8, 4) is 0 Å². The number of rotatable bonds is 5. The highest BCUT2D eigenvalue weighted by Gasteiger charge is 2.11. The lowest BCUT2D eigenvalue weighted by Crippen LogP contribution is -2.24. The van der Waals surface area contributed by atoms with E-state index in [-0.39, 0.29) is 0 Å². The average molecular weight is 181 g/mol. The minimum absolute atomic E-state index is 0.403. The fourth-order valence-electron chi connectivity index (χ4n) is 1.45. The molecule has 3 heteroatoms. The monoisotopic (exact) mass is 181 g/mol. The molecule has 1 aromatic rings.